The number of nitrogens with one attached hydrogen (secondary N) is 1. The van der Waals surface area contributed by atoms with Gasteiger partial charge in [-0.15, -0.1) is 0 Å². The maximum absolute atomic E-state index is 13.0. The average Bonchev–Trinajstić information content (AvgIpc) is 3.08. The van der Waals surface area contributed by atoms with Crippen molar-refractivity contribution in [1.29, 1.82) is 0 Å². The summed E-state index contributed by atoms with van der Waals surface area (Å²) < 4.78 is 0. The predicted molar refractivity (Wildman–Crippen MR) is 103 cm³/mol. The van der Waals surface area contributed by atoms with Crippen LogP contribution in [0.25, 0.3) is 0 Å². The van der Waals surface area contributed by atoms with Crippen LogP contribution in [0.5, 0.6) is 0 Å². The smallest absolute Gasteiger partial charge is 0.261 e. The summed E-state index contributed by atoms with van der Waals surface area (Å²) in [5.41, 5.74) is 4.60. The lowest BCUT2D eigenvalue weighted by molar-refractivity contribution is 0.0672. The second-order valence-electron chi connectivity index (χ2n) is 7.50. The Kier molecular flexibility index (Phi) is 4.31. The Morgan fingerprint density at radius 2 is 1.92 bits per heavy atom. The molecule has 1 N–H and O–H groups in total. The van der Waals surface area contributed by atoms with E-state index in [1.54, 1.807) is 0 Å². The molecule has 5 nitrogen and oxygen atoms in total. The van der Waals surface area contributed by atoms with Gasteiger partial charge in [-0.2, -0.15) is 0 Å². The van der Waals surface area contributed by atoms with Crippen LogP contribution in [0.15, 0.2) is 35.1 Å². The Morgan fingerprint density at radius 1 is 1.15 bits per heavy atom. The molecule has 0 unspecified atom stereocenters. The van der Waals surface area contributed by atoms with Crippen LogP contribution in [-0.4, -0.2) is 41.5 Å². The molecule has 0 bridgehead atoms. The van der Waals surface area contributed by atoms with Gasteiger partial charge in [-0.3, -0.25) is 9.59 Å². The molecule has 26 heavy (non-hydrogen) atoms. The van der Waals surface area contributed by atoms with Gasteiger partial charge in [-0.05, 0) is 56.9 Å². The van der Waals surface area contributed by atoms with Gasteiger partial charge in [0.15, 0.2) is 0 Å². The number of amides is 1. The van der Waals surface area contributed by atoms with Crippen LogP contribution >= 0.6 is 0 Å². The number of piperazine rings is 1. The van der Waals surface area contributed by atoms with Crippen molar-refractivity contribution in [2.75, 3.05) is 24.5 Å². The number of anilines is 1. The molecule has 1 aromatic carbocycles. The summed E-state index contributed by atoms with van der Waals surface area (Å²) in [6.45, 7) is 6.32. The lowest BCUT2D eigenvalue weighted by atomic mass is 10.1. The molecule has 0 saturated carbocycles. The van der Waals surface area contributed by atoms with Crippen LogP contribution in [0.4, 0.5) is 5.69 Å². The minimum absolute atomic E-state index is 0.0604. The second kappa shape index (κ2) is 6.63. The van der Waals surface area contributed by atoms with E-state index in [1.807, 2.05) is 11.0 Å². The van der Waals surface area contributed by atoms with Crippen molar-refractivity contribution >= 4 is 11.6 Å². The first-order valence-electron chi connectivity index (χ1n) is 9.40. The Bertz CT molecular complexity index is 885. The fraction of sp³-hybridized carbons (Fsp3) is 0.429. The molecule has 2 aliphatic rings. The number of H-pyrrole nitrogens is 1. The van der Waals surface area contributed by atoms with Crippen LogP contribution < -0.4 is 10.5 Å². The Labute approximate surface area is 153 Å². The van der Waals surface area contributed by atoms with E-state index in [1.165, 1.54) is 11.3 Å². The van der Waals surface area contributed by atoms with Gasteiger partial charge < -0.3 is 14.8 Å². The molecule has 5 heteroatoms. The number of carbonyl (C=O) groups excluding carboxylic acids is 1. The molecular weight excluding hydrogens is 326 g/mol. The minimum Gasteiger partial charge on any atom is -0.368 e. The number of hydrogen-bond donors (Lipinski definition) is 1. The molecule has 1 saturated heterocycles. The van der Waals surface area contributed by atoms with Crippen molar-refractivity contribution < 1.29 is 4.79 Å². The molecule has 1 aromatic heterocycles. The molecule has 2 aromatic rings. The SMILES string of the molecule is Cc1ccc(N2CCN(C(=O)c3cc4c([nH]c3=O)CCC4)[C@@H](C)C2)cc1. The first kappa shape index (κ1) is 16.9. The monoisotopic (exact) mass is 351 g/mol. The second-order valence-corrected chi connectivity index (χ2v) is 7.50. The van der Waals surface area contributed by atoms with Gasteiger partial charge in [0.2, 0.25) is 0 Å². The highest BCUT2D eigenvalue weighted by Crippen LogP contribution is 2.22. The number of carbonyl (C=O) groups is 1. The van der Waals surface area contributed by atoms with Crippen molar-refractivity contribution in [2.24, 2.45) is 0 Å². The van der Waals surface area contributed by atoms with E-state index in [2.05, 4.69) is 48.0 Å². The van der Waals surface area contributed by atoms with Crippen LogP contribution in [0.2, 0.25) is 0 Å². The quantitative estimate of drug-likeness (QED) is 0.905. The van der Waals surface area contributed by atoms with Crippen LogP contribution in [0.3, 0.4) is 0 Å². The molecule has 1 aliphatic carbocycles. The van der Waals surface area contributed by atoms with E-state index in [9.17, 15) is 9.59 Å². The normalized spacial score (nSPS) is 19.5. The molecule has 1 amide bonds. The molecule has 1 fully saturated rings. The zero-order chi connectivity index (χ0) is 18.3. The summed E-state index contributed by atoms with van der Waals surface area (Å²) in [5, 5.41) is 0. The largest absolute Gasteiger partial charge is 0.368 e. The number of aryl methyl sites for hydroxylation is 3. The lowest BCUT2D eigenvalue weighted by Crippen LogP contribution is -2.54. The molecular formula is C21H25N3O2. The molecule has 0 radical (unpaired) electrons. The highest BCUT2D eigenvalue weighted by Gasteiger charge is 2.30. The fourth-order valence-electron chi connectivity index (χ4n) is 4.08. The number of pyridine rings is 1. The summed E-state index contributed by atoms with van der Waals surface area (Å²) >= 11 is 0. The molecule has 136 valence electrons. The summed E-state index contributed by atoms with van der Waals surface area (Å²) in [5.74, 6) is -0.142. The van der Waals surface area contributed by atoms with Crippen LogP contribution in [0, 0.1) is 6.92 Å². The minimum atomic E-state index is -0.246. The summed E-state index contributed by atoms with van der Waals surface area (Å²) in [6.07, 6.45) is 2.91. The maximum atomic E-state index is 13.0. The zero-order valence-corrected chi connectivity index (χ0v) is 15.4. The zero-order valence-electron chi connectivity index (χ0n) is 15.4. The average molecular weight is 351 g/mol. The van der Waals surface area contributed by atoms with E-state index < -0.39 is 0 Å². The van der Waals surface area contributed by atoms with Crippen molar-refractivity contribution in [2.45, 2.75) is 39.2 Å². The maximum Gasteiger partial charge on any atom is 0.261 e. The van der Waals surface area contributed by atoms with Crippen molar-refractivity contribution in [3.05, 3.63) is 63.1 Å². The first-order valence-corrected chi connectivity index (χ1v) is 9.40. The lowest BCUT2D eigenvalue weighted by Gasteiger charge is -2.41. The van der Waals surface area contributed by atoms with Gasteiger partial charge in [0.1, 0.15) is 5.56 Å². The molecule has 2 heterocycles. The Hall–Kier alpha value is -2.56. The van der Waals surface area contributed by atoms with Crippen molar-refractivity contribution in [1.82, 2.24) is 9.88 Å². The Morgan fingerprint density at radius 3 is 2.65 bits per heavy atom. The van der Waals surface area contributed by atoms with Crippen LogP contribution in [-0.2, 0) is 12.8 Å². The van der Waals surface area contributed by atoms with Crippen molar-refractivity contribution in [3.8, 4) is 0 Å². The third-order valence-electron chi connectivity index (χ3n) is 5.61. The summed E-state index contributed by atoms with van der Waals surface area (Å²) in [6, 6.07) is 10.4. The number of fused-ring (bicyclic) bond motifs is 1. The number of hydrogen-bond acceptors (Lipinski definition) is 3. The highest BCUT2D eigenvalue weighted by atomic mass is 16.2. The third-order valence-corrected chi connectivity index (χ3v) is 5.61. The molecule has 0 spiro atoms. The third kappa shape index (κ3) is 3.02. The standard InChI is InChI=1S/C21H25N3O2/c1-14-6-8-17(9-7-14)23-10-11-24(15(2)13-23)21(26)18-12-16-4-3-5-19(16)22-20(18)25/h6-9,12,15H,3-5,10-11,13H2,1-2H3,(H,22,25)/t15-/m0/s1. The number of rotatable bonds is 2. The van der Waals surface area contributed by atoms with Crippen molar-refractivity contribution in [3.63, 3.8) is 0 Å². The number of aromatic nitrogens is 1. The summed E-state index contributed by atoms with van der Waals surface area (Å²) in [7, 11) is 0. The first-order chi connectivity index (χ1) is 12.5. The van der Waals surface area contributed by atoms with Gasteiger partial charge in [-0.1, -0.05) is 17.7 Å². The summed E-state index contributed by atoms with van der Waals surface area (Å²) in [4.78, 5) is 32.4. The van der Waals surface area contributed by atoms with E-state index >= 15 is 0 Å². The van der Waals surface area contributed by atoms with Gasteiger partial charge >= 0.3 is 0 Å². The number of nitrogens with zero attached hydrogens (tertiary/aromatic N) is 2. The molecule has 1 atom stereocenters. The van der Waals surface area contributed by atoms with Crippen LogP contribution in [0.1, 0.15) is 40.5 Å². The van der Waals surface area contributed by atoms with Gasteiger partial charge in [0.05, 0.1) is 0 Å². The number of benzene rings is 1. The van der Waals surface area contributed by atoms with E-state index in [4.69, 9.17) is 0 Å². The van der Waals surface area contributed by atoms with Gasteiger partial charge in [-0.25, -0.2) is 0 Å². The fourth-order valence-corrected chi connectivity index (χ4v) is 4.08. The molecule has 1 aliphatic heterocycles. The van der Waals surface area contributed by atoms with E-state index in [0.717, 1.165) is 43.6 Å². The van der Waals surface area contributed by atoms with E-state index in [0.29, 0.717) is 12.1 Å². The van der Waals surface area contributed by atoms with Gasteiger partial charge in [0, 0.05) is 37.1 Å². The predicted octanol–water partition coefficient (Wildman–Crippen LogP) is 2.52. The molecule has 4 rings (SSSR count). The number of aromatic amines is 1. The topological polar surface area (TPSA) is 56.4 Å². The highest BCUT2D eigenvalue weighted by molar-refractivity contribution is 5.94. The Balaban J connectivity index is 1.52. The van der Waals surface area contributed by atoms with E-state index in [-0.39, 0.29) is 17.5 Å². The van der Waals surface area contributed by atoms with Gasteiger partial charge in [0.25, 0.3) is 11.5 Å².